The van der Waals surface area contributed by atoms with E-state index in [0.29, 0.717) is 17.8 Å². The van der Waals surface area contributed by atoms with Crippen molar-refractivity contribution >= 4 is 17.0 Å². The van der Waals surface area contributed by atoms with Gasteiger partial charge >= 0.3 is 0 Å². The number of nitrogens with one attached hydrogen (secondary N) is 1. The molecule has 0 atom stereocenters. The molecule has 0 bridgehead atoms. The van der Waals surface area contributed by atoms with E-state index in [2.05, 4.69) is 10.3 Å². The van der Waals surface area contributed by atoms with Crippen LogP contribution in [-0.2, 0) is 6.54 Å². The molecule has 0 aliphatic heterocycles. The molecule has 108 valence electrons. The lowest BCUT2D eigenvalue weighted by molar-refractivity contribution is 0.629. The Hall–Kier alpha value is -2.71. The quantitative estimate of drug-likeness (QED) is 0.775. The van der Waals surface area contributed by atoms with Crippen LogP contribution in [0.2, 0.25) is 0 Å². The van der Waals surface area contributed by atoms with Crippen LogP contribution in [0.4, 0.5) is 10.1 Å². The first-order valence-electron chi connectivity index (χ1n) is 6.69. The number of halogens is 1. The van der Waals surface area contributed by atoms with E-state index in [4.69, 9.17) is 5.26 Å². The van der Waals surface area contributed by atoms with Crippen LogP contribution in [0.5, 0.6) is 0 Å². The first-order valence-corrected chi connectivity index (χ1v) is 7.57. The zero-order valence-electron chi connectivity index (χ0n) is 11.6. The first kappa shape index (κ1) is 14.2. The fourth-order valence-electron chi connectivity index (χ4n) is 2.02. The molecule has 0 saturated heterocycles. The Labute approximate surface area is 131 Å². The van der Waals surface area contributed by atoms with Crippen molar-refractivity contribution in [2.75, 3.05) is 5.32 Å². The van der Waals surface area contributed by atoms with Crippen molar-refractivity contribution in [3.63, 3.8) is 0 Å². The Balaban J connectivity index is 1.70. The van der Waals surface area contributed by atoms with Gasteiger partial charge in [0, 0.05) is 10.9 Å². The molecule has 0 radical (unpaired) electrons. The van der Waals surface area contributed by atoms with Crippen LogP contribution in [-0.4, -0.2) is 4.98 Å². The highest BCUT2D eigenvalue weighted by Gasteiger charge is 2.06. The highest BCUT2D eigenvalue weighted by molar-refractivity contribution is 7.13. The van der Waals surface area contributed by atoms with Crippen molar-refractivity contribution in [2.24, 2.45) is 0 Å². The summed E-state index contributed by atoms with van der Waals surface area (Å²) < 4.78 is 13.8. The zero-order valence-corrected chi connectivity index (χ0v) is 12.4. The van der Waals surface area contributed by atoms with Crippen molar-refractivity contribution in [2.45, 2.75) is 6.54 Å². The van der Waals surface area contributed by atoms with E-state index in [0.717, 1.165) is 16.3 Å². The Morgan fingerprint density at radius 2 is 2.00 bits per heavy atom. The molecule has 3 rings (SSSR count). The molecule has 3 nitrogen and oxygen atoms in total. The predicted molar refractivity (Wildman–Crippen MR) is 86.0 cm³/mol. The van der Waals surface area contributed by atoms with Crippen LogP contribution in [0.3, 0.4) is 0 Å². The van der Waals surface area contributed by atoms with Gasteiger partial charge in [-0.25, -0.2) is 9.37 Å². The second kappa shape index (κ2) is 6.37. The zero-order chi connectivity index (χ0) is 15.4. The van der Waals surface area contributed by atoms with Gasteiger partial charge in [0.2, 0.25) is 0 Å². The van der Waals surface area contributed by atoms with Crippen LogP contribution >= 0.6 is 11.3 Å². The summed E-state index contributed by atoms with van der Waals surface area (Å²) in [6, 6.07) is 16.2. The van der Waals surface area contributed by atoms with Crippen molar-refractivity contribution in [3.8, 4) is 16.6 Å². The molecule has 0 aliphatic carbocycles. The van der Waals surface area contributed by atoms with Crippen LogP contribution in [0.15, 0.2) is 53.9 Å². The molecule has 0 unspecified atom stereocenters. The van der Waals surface area contributed by atoms with Gasteiger partial charge in [0.25, 0.3) is 0 Å². The summed E-state index contributed by atoms with van der Waals surface area (Å²) in [7, 11) is 0. The minimum Gasteiger partial charge on any atom is -0.377 e. The van der Waals surface area contributed by atoms with Crippen molar-refractivity contribution in [1.82, 2.24) is 4.98 Å². The van der Waals surface area contributed by atoms with E-state index in [-0.39, 0.29) is 0 Å². The number of hydrogen-bond acceptors (Lipinski definition) is 4. The molecule has 0 spiro atoms. The van der Waals surface area contributed by atoms with E-state index in [9.17, 15) is 4.39 Å². The number of anilines is 1. The number of aromatic nitrogens is 1. The fourth-order valence-corrected chi connectivity index (χ4v) is 2.84. The summed E-state index contributed by atoms with van der Waals surface area (Å²) in [5.74, 6) is -0.433. The standard InChI is InChI=1S/C17H12FN3S/c18-15-8-12(9-19)6-7-16(15)20-10-14-11-22-17(21-14)13-4-2-1-3-5-13/h1-8,11,20H,10H2. The maximum atomic E-state index is 13.8. The monoisotopic (exact) mass is 309 g/mol. The molecule has 5 heteroatoms. The van der Waals surface area contributed by atoms with E-state index in [1.807, 2.05) is 41.8 Å². The van der Waals surface area contributed by atoms with E-state index in [1.165, 1.54) is 6.07 Å². The summed E-state index contributed by atoms with van der Waals surface area (Å²) in [6.07, 6.45) is 0. The molecule has 3 aromatic rings. The number of thiazole rings is 1. The SMILES string of the molecule is N#Cc1ccc(NCc2csc(-c3ccccc3)n2)c(F)c1. The van der Waals surface area contributed by atoms with E-state index < -0.39 is 5.82 Å². The molecule has 1 aromatic heterocycles. The van der Waals surface area contributed by atoms with Gasteiger partial charge in [0.1, 0.15) is 10.8 Å². The highest BCUT2D eigenvalue weighted by atomic mass is 32.1. The minimum atomic E-state index is -0.433. The van der Waals surface area contributed by atoms with Gasteiger partial charge in [-0.15, -0.1) is 11.3 Å². The normalized spacial score (nSPS) is 10.2. The molecule has 0 fully saturated rings. The average molecular weight is 309 g/mol. The van der Waals surface area contributed by atoms with Gasteiger partial charge < -0.3 is 5.32 Å². The Bertz CT molecular complexity index is 821. The summed E-state index contributed by atoms with van der Waals surface area (Å²) in [5, 5.41) is 14.6. The molecular weight excluding hydrogens is 297 g/mol. The second-order valence-electron chi connectivity index (χ2n) is 4.67. The molecular formula is C17H12FN3S. The number of nitrogens with zero attached hydrogens (tertiary/aromatic N) is 2. The van der Waals surface area contributed by atoms with Gasteiger partial charge in [-0.3, -0.25) is 0 Å². The van der Waals surface area contributed by atoms with E-state index in [1.54, 1.807) is 23.5 Å². The van der Waals surface area contributed by atoms with Gasteiger partial charge in [-0.2, -0.15) is 5.26 Å². The minimum absolute atomic E-state index is 0.308. The number of benzene rings is 2. The first-order chi connectivity index (χ1) is 10.8. The fraction of sp³-hybridized carbons (Fsp3) is 0.0588. The third-order valence-electron chi connectivity index (χ3n) is 3.13. The van der Waals surface area contributed by atoms with Gasteiger partial charge in [0.15, 0.2) is 0 Å². The predicted octanol–water partition coefficient (Wildman–Crippen LogP) is 4.43. The van der Waals surface area contributed by atoms with Crippen LogP contribution in [0.25, 0.3) is 10.6 Å². The average Bonchev–Trinajstić information content (AvgIpc) is 3.03. The van der Waals surface area contributed by atoms with Crippen molar-refractivity contribution in [3.05, 3.63) is 71.0 Å². The van der Waals surface area contributed by atoms with Crippen molar-refractivity contribution < 1.29 is 4.39 Å². The number of hydrogen-bond donors (Lipinski definition) is 1. The lowest BCUT2D eigenvalue weighted by Gasteiger charge is -2.05. The third kappa shape index (κ3) is 3.13. The molecule has 1 heterocycles. The second-order valence-corrected chi connectivity index (χ2v) is 5.53. The lowest BCUT2D eigenvalue weighted by Crippen LogP contribution is -2.02. The molecule has 0 aliphatic rings. The molecule has 0 saturated carbocycles. The maximum Gasteiger partial charge on any atom is 0.147 e. The third-order valence-corrected chi connectivity index (χ3v) is 4.07. The summed E-state index contributed by atoms with van der Waals surface area (Å²) >= 11 is 1.56. The summed E-state index contributed by atoms with van der Waals surface area (Å²) in [6.45, 7) is 0.437. The number of nitriles is 1. The Morgan fingerprint density at radius 1 is 1.18 bits per heavy atom. The van der Waals surface area contributed by atoms with Gasteiger partial charge in [-0.05, 0) is 18.2 Å². The largest absolute Gasteiger partial charge is 0.377 e. The highest BCUT2D eigenvalue weighted by Crippen LogP contribution is 2.24. The van der Waals surface area contributed by atoms with Crippen LogP contribution in [0.1, 0.15) is 11.3 Å². The number of rotatable bonds is 4. The maximum absolute atomic E-state index is 13.8. The molecule has 22 heavy (non-hydrogen) atoms. The molecule has 1 N–H and O–H groups in total. The van der Waals surface area contributed by atoms with Crippen LogP contribution in [0, 0.1) is 17.1 Å². The van der Waals surface area contributed by atoms with Crippen LogP contribution < -0.4 is 5.32 Å². The Kier molecular flexibility index (Phi) is 4.12. The lowest BCUT2D eigenvalue weighted by atomic mass is 10.2. The van der Waals surface area contributed by atoms with Gasteiger partial charge in [0.05, 0.1) is 29.6 Å². The van der Waals surface area contributed by atoms with Gasteiger partial charge in [-0.1, -0.05) is 30.3 Å². The van der Waals surface area contributed by atoms with Crippen molar-refractivity contribution in [1.29, 1.82) is 5.26 Å². The molecule has 2 aromatic carbocycles. The smallest absolute Gasteiger partial charge is 0.147 e. The topological polar surface area (TPSA) is 48.7 Å². The van der Waals surface area contributed by atoms with E-state index >= 15 is 0 Å². The molecule has 0 amide bonds. The summed E-state index contributed by atoms with van der Waals surface area (Å²) in [4.78, 5) is 4.54. The summed E-state index contributed by atoms with van der Waals surface area (Å²) in [5.41, 5.74) is 2.60. The Morgan fingerprint density at radius 3 is 2.73 bits per heavy atom.